The lowest BCUT2D eigenvalue weighted by Gasteiger charge is -2.72. The zero-order chi connectivity index (χ0) is 27.0. The van der Waals surface area contributed by atoms with Crippen molar-refractivity contribution in [1.82, 2.24) is 0 Å². The molecule has 206 valence electrons. The number of nitrogens with two attached hydrogens (primary N) is 1. The largest absolute Gasteiger partial charge is 0.465 e. The number of carbonyl (C=O) groups excluding carboxylic acids is 1. The van der Waals surface area contributed by atoms with Crippen molar-refractivity contribution in [3.8, 4) is 6.07 Å². The Morgan fingerprint density at radius 3 is 2.38 bits per heavy atom. The lowest BCUT2D eigenvalue weighted by atomic mass is 9.32. The van der Waals surface area contributed by atoms with E-state index in [-0.39, 0.29) is 51.6 Å². The van der Waals surface area contributed by atoms with E-state index in [1.54, 1.807) is 0 Å². The van der Waals surface area contributed by atoms with Crippen LogP contribution in [0.2, 0.25) is 0 Å². The first-order chi connectivity index (χ1) is 17.3. The quantitative estimate of drug-likeness (QED) is 0.357. The molecule has 0 radical (unpaired) electrons. The van der Waals surface area contributed by atoms with Gasteiger partial charge in [0.05, 0.1) is 24.7 Å². The predicted octanol–water partition coefficient (Wildman–Crippen LogP) is 6.01. The third-order valence-electron chi connectivity index (χ3n) is 13.9. The molecular formula is C32H50N2O3. The van der Waals surface area contributed by atoms with Gasteiger partial charge in [0.2, 0.25) is 0 Å². The second kappa shape index (κ2) is 8.82. The van der Waals surface area contributed by atoms with Crippen LogP contribution in [-0.2, 0) is 9.53 Å². The van der Waals surface area contributed by atoms with Crippen LogP contribution in [0, 0.1) is 68.0 Å². The minimum Gasteiger partial charge on any atom is -0.465 e. The number of hydrogen-bond acceptors (Lipinski definition) is 5. The third kappa shape index (κ3) is 3.50. The van der Waals surface area contributed by atoms with Gasteiger partial charge in [0.25, 0.3) is 0 Å². The van der Waals surface area contributed by atoms with E-state index in [2.05, 4.69) is 40.3 Å². The van der Waals surface area contributed by atoms with Crippen molar-refractivity contribution in [3.05, 3.63) is 12.2 Å². The van der Waals surface area contributed by atoms with Gasteiger partial charge in [0, 0.05) is 18.4 Å². The Bertz CT molecular complexity index is 1000. The van der Waals surface area contributed by atoms with Crippen molar-refractivity contribution in [1.29, 1.82) is 5.26 Å². The summed E-state index contributed by atoms with van der Waals surface area (Å²) in [5.74, 6) is 1.90. The summed E-state index contributed by atoms with van der Waals surface area (Å²) in [5, 5.41) is 20.5. The number of aliphatic hydroxyl groups excluding tert-OH is 1. The summed E-state index contributed by atoms with van der Waals surface area (Å²) in [6, 6.07) is 2.89. The van der Waals surface area contributed by atoms with Crippen LogP contribution in [-0.4, -0.2) is 30.3 Å². The smallest absolute Gasteiger partial charge is 0.302 e. The van der Waals surface area contributed by atoms with E-state index < -0.39 is 0 Å². The average Bonchev–Trinajstić information content (AvgIpc) is 3.25. The summed E-state index contributed by atoms with van der Waals surface area (Å²) in [7, 11) is 0. The van der Waals surface area contributed by atoms with Gasteiger partial charge in [0.1, 0.15) is 0 Å². The summed E-state index contributed by atoms with van der Waals surface area (Å²) >= 11 is 0. The van der Waals surface area contributed by atoms with Crippen LogP contribution in [0.1, 0.15) is 98.8 Å². The Balaban J connectivity index is 1.52. The van der Waals surface area contributed by atoms with Crippen LogP contribution in [0.25, 0.3) is 0 Å². The Kier molecular flexibility index (Phi) is 6.48. The summed E-state index contributed by atoms with van der Waals surface area (Å²) in [6.45, 7) is 16.2. The Labute approximate surface area is 224 Å². The SMILES string of the molecule is C=C(CO)[C@@H]1CC[C@]2(C#N)CC[C@]3(C)[C@H](CC[C@@H]4[C@@]5(C)CCC(N)[C@@](C)(COC(C)=O)[C@@H]5CC[C@]43C)[C@@H]12. The number of nitriles is 1. The first kappa shape index (κ1) is 27.2. The number of esters is 1. The number of carbonyl (C=O) groups is 1. The van der Waals surface area contributed by atoms with E-state index >= 15 is 0 Å². The fourth-order valence-electron chi connectivity index (χ4n) is 11.7. The van der Waals surface area contributed by atoms with E-state index in [0.29, 0.717) is 30.3 Å². The zero-order valence-corrected chi connectivity index (χ0v) is 23.9. The molecule has 5 aliphatic rings. The number of ether oxygens (including phenoxy) is 1. The molecule has 5 aliphatic carbocycles. The highest BCUT2D eigenvalue weighted by atomic mass is 16.5. The van der Waals surface area contributed by atoms with Crippen LogP contribution in [0.3, 0.4) is 0 Å². The van der Waals surface area contributed by atoms with Crippen LogP contribution >= 0.6 is 0 Å². The summed E-state index contributed by atoms with van der Waals surface area (Å²) in [5.41, 5.74) is 7.81. The highest BCUT2D eigenvalue weighted by Crippen LogP contribution is 2.77. The molecule has 0 bridgehead atoms. The van der Waals surface area contributed by atoms with Gasteiger partial charge in [-0.25, -0.2) is 0 Å². The van der Waals surface area contributed by atoms with E-state index in [0.717, 1.165) is 56.9 Å². The molecule has 0 amide bonds. The molecule has 3 N–H and O–H groups in total. The molecule has 5 heteroatoms. The number of fused-ring (bicyclic) bond motifs is 7. The molecule has 5 fully saturated rings. The number of rotatable bonds is 4. The van der Waals surface area contributed by atoms with Gasteiger partial charge in [-0.3, -0.25) is 4.79 Å². The van der Waals surface area contributed by atoms with E-state index in [4.69, 9.17) is 10.5 Å². The minimum absolute atomic E-state index is 0.0346. The lowest BCUT2D eigenvalue weighted by Crippen LogP contribution is -2.68. The van der Waals surface area contributed by atoms with Crippen molar-refractivity contribution >= 4 is 5.97 Å². The second-order valence-electron chi connectivity index (χ2n) is 14.9. The molecule has 0 spiro atoms. The highest BCUT2D eigenvalue weighted by Gasteiger charge is 2.71. The Hall–Kier alpha value is -1.38. The number of aliphatic hydroxyl groups is 1. The molecule has 0 aromatic rings. The van der Waals surface area contributed by atoms with Crippen molar-refractivity contribution in [3.63, 3.8) is 0 Å². The standard InChI is InChI=1S/C32H50N2O3/c1-20(17-35)22-9-14-32(18-33)16-15-30(5)23(27(22)32)7-8-25-28(3)12-11-26(34)29(4,19-37-21(2)36)24(28)10-13-31(25,30)6/h22-27,35H,1,7-17,19,34H2,2-6H3/t22-,23+,24+,25+,26?,27+,28-,29-,30+,31+,32+/m0/s1. The maximum atomic E-state index is 11.8. The van der Waals surface area contributed by atoms with Gasteiger partial charge in [-0.2, -0.15) is 5.26 Å². The molecule has 37 heavy (non-hydrogen) atoms. The van der Waals surface area contributed by atoms with Crippen molar-refractivity contribution in [2.45, 2.75) is 105 Å². The maximum absolute atomic E-state index is 11.8. The Morgan fingerprint density at radius 1 is 1.00 bits per heavy atom. The van der Waals surface area contributed by atoms with Gasteiger partial charge >= 0.3 is 5.97 Å². The normalized spacial score (nSPS) is 52.6. The van der Waals surface area contributed by atoms with Crippen LogP contribution in [0.5, 0.6) is 0 Å². The summed E-state index contributed by atoms with van der Waals surface area (Å²) in [6.07, 6.45) is 10.8. The lowest BCUT2D eigenvalue weighted by molar-refractivity contribution is -0.240. The summed E-state index contributed by atoms with van der Waals surface area (Å²) < 4.78 is 5.65. The van der Waals surface area contributed by atoms with Crippen molar-refractivity contribution in [2.24, 2.45) is 62.4 Å². The first-order valence-corrected chi connectivity index (χ1v) is 14.9. The van der Waals surface area contributed by atoms with Gasteiger partial charge in [-0.15, -0.1) is 0 Å². The first-order valence-electron chi connectivity index (χ1n) is 14.9. The minimum atomic E-state index is -0.253. The zero-order valence-electron chi connectivity index (χ0n) is 23.9. The van der Waals surface area contributed by atoms with E-state index in [1.807, 2.05) is 0 Å². The highest BCUT2D eigenvalue weighted by molar-refractivity contribution is 5.65. The topological polar surface area (TPSA) is 96.3 Å². The van der Waals surface area contributed by atoms with E-state index in [1.165, 1.54) is 19.8 Å². The molecule has 11 atom stereocenters. The molecule has 0 aromatic heterocycles. The van der Waals surface area contributed by atoms with Crippen LogP contribution < -0.4 is 5.73 Å². The van der Waals surface area contributed by atoms with Gasteiger partial charge in [-0.1, -0.05) is 34.3 Å². The van der Waals surface area contributed by atoms with Gasteiger partial charge in [-0.05, 0) is 116 Å². The third-order valence-corrected chi connectivity index (χ3v) is 13.9. The fraction of sp³-hybridized carbons (Fsp3) is 0.875. The molecule has 5 saturated carbocycles. The molecule has 0 aromatic carbocycles. The molecule has 0 saturated heterocycles. The number of nitrogens with zero attached hydrogens (tertiary/aromatic N) is 1. The van der Waals surface area contributed by atoms with Crippen molar-refractivity contribution in [2.75, 3.05) is 13.2 Å². The molecule has 0 heterocycles. The summed E-state index contributed by atoms with van der Waals surface area (Å²) in [4.78, 5) is 11.8. The monoisotopic (exact) mass is 510 g/mol. The van der Waals surface area contributed by atoms with Gasteiger partial charge < -0.3 is 15.6 Å². The molecular weight excluding hydrogens is 460 g/mol. The second-order valence-corrected chi connectivity index (χ2v) is 14.9. The molecule has 1 unspecified atom stereocenters. The molecule has 5 rings (SSSR count). The fourth-order valence-corrected chi connectivity index (χ4v) is 11.7. The number of hydrogen-bond donors (Lipinski definition) is 2. The Morgan fingerprint density at radius 2 is 1.73 bits per heavy atom. The molecule has 0 aliphatic heterocycles. The predicted molar refractivity (Wildman–Crippen MR) is 145 cm³/mol. The van der Waals surface area contributed by atoms with Gasteiger partial charge in [0.15, 0.2) is 0 Å². The van der Waals surface area contributed by atoms with Crippen molar-refractivity contribution < 1.29 is 14.6 Å². The van der Waals surface area contributed by atoms with E-state index in [9.17, 15) is 15.2 Å². The van der Waals surface area contributed by atoms with Crippen LogP contribution in [0.4, 0.5) is 0 Å². The maximum Gasteiger partial charge on any atom is 0.302 e. The molecule has 5 nitrogen and oxygen atoms in total. The van der Waals surface area contributed by atoms with Crippen LogP contribution in [0.15, 0.2) is 12.2 Å². The average molecular weight is 511 g/mol.